The Morgan fingerprint density at radius 1 is 1.27 bits per heavy atom. The van der Waals surface area contributed by atoms with Crippen LogP contribution in [-0.4, -0.2) is 6.54 Å². The summed E-state index contributed by atoms with van der Waals surface area (Å²) in [6, 6.07) is 0. The van der Waals surface area contributed by atoms with Crippen LogP contribution in [0.3, 0.4) is 0 Å². The van der Waals surface area contributed by atoms with E-state index in [0.29, 0.717) is 0 Å². The highest BCUT2D eigenvalue weighted by atomic mass is 14.5. The van der Waals surface area contributed by atoms with Crippen molar-refractivity contribution in [1.29, 1.82) is 0 Å². The van der Waals surface area contributed by atoms with Crippen LogP contribution in [0, 0.1) is 5.92 Å². The normalized spacial score (nSPS) is 14.1. The summed E-state index contributed by atoms with van der Waals surface area (Å²) in [5.41, 5.74) is 5.39. The van der Waals surface area contributed by atoms with Gasteiger partial charge < -0.3 is 5.73 Å². The minimum absolute atomic E-state index is 0.748. The minimum Gasteiger partial charge on any atom is -0.330 e. The molecule has 0 fully saturated rings. The molecule has 1 heteroatoms. The molecule has 0 radical (unpaired) electrons. The van der Waals surface area contributed by atoms with Crippen LogP contribution in [0.4, 0.5) is 0 Å². The molecule has 0 spiro atoms. The van der Waals surface area contributed by atoms with Gasteiger partial charge in [-0.05, 0) is 32.2 Å². The average Bonchev–Trinajstić information content (AvgIpc) is 1.99. The highest BCUT2D eigenvalue weighted by Gasteiger charge is 1.95. The van der Waals surface area contributed by atoms with Gasteiger partial charge in [0.2, 0.25) is 0 Å². The molecule has 11 heavy (non-hydrogen) atoms. The Balaban J connectivity index is 3.10. The fourth-order valence-electron chi connectivity index (χ4n) is 1.21. The highest BCUT2D eigenvalue weighted by Crippen LogP contribution is 2.09. The summed E-state index contributed by atoms with van der Waals surface area (Å²) in [5.74, 6) is 0.748. The maximum absolute atomic E-state index is 5.39. The van der Waals surface area contributed by atoms with Crippen LogP contribution in [0.15, 0.2) is 12.2 Å². The first-order chi connectivity index (χ1) is 5.31. The maximum Gasteiger partial charge on any atom is -0.00773 e. The molecule has 0 aromatic rings. The van der Waals surface area contributed by atoms with Crippen molar-refractivity contribution in [2.45, 2.75) is 39.5 Å². The maximum atomic E-state index is 5.39. The van der Waals surface area contributed by atoms with Gasteiger partial charge in [0.15, 0.2) is 0 Å². The summed E-state index contributed by atoms with van der Waals surface area (Å²) in [5, 5.41) is 0. The molecule has 0 aliphatic carbocycles. The predicted octanol–water partition coefficient (Wildman–Crippen LogP) is 2.72. The first-order valence-corrected chi connectivity index (χ1v) is 4.64. The molecular weight excluding hydrogens is 134 g/mol. The number of unbranched alkanes of at least 4 members (excludes halogenated alkanes) is 2. The van der Waals surface area contributed by atoms with Crippen molar-refractivity contribution in [1.82, 2.24) is 0 Å². The Hall–Kier alpha value is -0.300. The van der Waals surface area contributed by atoms with Gasteiger partial charge in [0.25, 0.3) is 0 Å². The molecule has 1 atom stereocenters. The lowest BCUT2D eigenvalue weighted by atomic mass is 10.0. The third-order valence-corrected chi connectivity index (χ3v) is 1.88. The van der Waals surface area contributed by atoms with Crippen LogP contribution >= 0.6 is 0 Å². The topological polar surface area (TPSA) is 26.0 Å². The van der Waals surface area contributed by atoms with Crippen molar-refractivity contribution >= 4 is 0 Å². The molecule has 0 aromatic carbocycles. The van der Waals surface area contributed by atoms with Gasteiger partial charge in [0.05, 0.1) is 0 Å². The van der Waals surface area contributed by atoms with E-state index in [-0.39, 0.29) is 0 Å². The zero-order chi connectivity index (χ0) is 8.53. The van der Waals surface area contributed by atoms with Gasteiger partial charge in [-0.15, -0.1) is 0 Å². The van der Waals surface area contributed by atoms with E-state index in [1.165, 1.54) is 25.7 Å². The number of hydrogen-bond donors (Lipinski definition) is 1. The first-order valence-electron chi connectivity index (χ1n) is 4.64. The smallest absolute Gasteiger partial charge is 0.00773 e. The van der Waals surface area contributed by atoms with Crippen molar-refractivity contribution in [2.24, 2.45) is 11.7 Å². The molecule has 0 saturated heterocycles. The van der Waals surface area contributed by atoms with Crippen molar-refractivity contribution in [2.75, 3.05) is 6.54 Å². The van der Waals surface area contributed by atoms with E-state index >= 15 is 0 Å². The quantitative estimate of drug-likeness (QED) is 0.463. The second kappa shape index (κ2) is 7.80. The first kappa shape index (κ1) is 10.7. The molecule has 0 aliphatic rings. The van der Waals surface area contributed by atoms with Gasteiger partial charge in [-0.1, -0.05) is 31.9 Å². The summed E-state index contributed by atoms with van der Waals surface area (Å²) in [6.07, 6.45) is 9.50. The molecule has 0 saturated carbocycles. The Morgan fingerprint density at radius 2 is 2.00 bits per heavy atom. The molecule has 0 amide bonds. The van der Waals surface area contributed by atoms with Gasteiger partial charge in [-0.25, -0.2) is 0 Å². The Labute approximate surface area is 70.7 Å². The lowest BCUT2D eigenvalue weighted by molar-refractivity contribution is 0.567. The van der Waals surface area contributed by atoms with Crippen molar-refractivity contribution in [3.05, 3.63) is 12.2 Å². The molecular formula is C10H21N. The second-order valence-corrected chi connectivity index (χ2v) is 3.14. The van der Waals surface area contributed by atoms with Crippen LogP contribution in [-0.2, 0) is 0 Å². The van der Waals surface area contributed by atoms with Gasteiger partial charge in [0.1, 0.15) is 0 Å². The average molecular weight is 155 g/mol. The number of nitrogens with two attached hydrogens (primary N) is 1. The minimum atomic E-state index is 0.748. The highest BCUT2D eigenvalue weighted by molar-refractivity contribution is 4.82. The van der Waals surface area contributed by atoms with E-state index in [1.807, 2.05) is 0 Å². The van der Waals surface area contributed by atoms with E-state index in [4.69, 9.17) is 5.73 Å². The van der Waals surface area contributed by atoms with E-state index in [9.17, 15) is 0 Å². The summed E-state index contributed by atoms with van der Waals surface area (Å²) >= 11 is 0. The van der Waals surface area contributed by atoms with E-state index < -0.39 is 0 Å². The van der Waals surface area contributed by atoms with Crippen LogP contribution in [0.5, 0.6) is 0 Å². The van der Waals surface area contributed by atoms with Crippen molar-refractivity contribution in [3.63, 3.8) is 0 Å². The number of hydrogen-bond acceptors (Lipinski definition) is 1. The molecule has 66 valence electrons. The van der Waals surface area contributed by atoms with Gasteiger partial charge in [-0.2, -0.15) is 0 Å². The molecule has 0 aromatic heterocycles. The lowest BCUT2D eigenvalue weighted by Gasteiger charge is -2.04. The molecule has 0 aliphatic heterocycles. The van der Waals surface area contributed by atoms with Crippen LogP contribution in [0.25, 0.3) is 0 Å². The van der Waals surface area contributed by atoms with Gasteiger partial charge in [0, 0.05) is 0 Å². The zero-order valence-electron chi connectivity index (χ0n) is 7.84. The molecule has 0 bridgehead atoms. The largest absolute Gasteiger partial charge is 0.330 e. The van der Waals surface area contributed by atoms with E-state index in [0.717, 1.165) is 12.5 Å². The summed E-state index contributed by atoms with van der Waals surface area (Å²) < 4.78 is 0. The lowest BCUT2D eigenvalue weighted by Crippen LogP contribution is -1.98. The summed E-state index contributed by atoms with van der Waals surface area (Å²) in [4.78, 5) is 0. The standard InChI is InChI=1S/C10H21N/c1-3-7-10(2)8-5-4-6-9-11/h3,7,10H,4-6,8-9,11H2,1-2H3. The SMILES string of the molecule is CC=CC(C)CCCCCN. The number of allylic oxidation sites excluding steroid dienone is 2. The monoisotopic (exact) mass is 155 g/mol. The number of rotatable bonds is 6. The van der Waals surface area contributed by atoms with E-state index in [1.54, 1.807) is 0 Å². The van der Waals surface area contributed by atoms with Crippen molar-refractivity contribution < 1.29 is 0 Å². The molecule has 0 heterocycles. The third kappa shape index (κ3) is 7.60. The third-order valence-electron chi connectivity index (χ3n) is 1.88. The Morgan fingerprint density at radius 3 is 2.55 bits per heavy atom. The van der Waals surface area contributed by atoms with Crippen molar-refractivity contribution in [3.8, 4) is 0 Å². The van der Waals surface area contributed by atoms with Crippen LogP contribution < -0.4 is 5.73 Å². The molecule has 2 N–H and O–H groups in total. The Bertz CT molecular complexity index is 97.0. The Kier molecular flexibility index (Phi) is 7.59. The molecule has 1 unspecified atom stereocenters. The van der Waals surface area contributed by atoms with Gasteiger partial charge in [-0.3, -0.25) is 0 Å². The predicted molar refractivity (Wildman–Crippen MR) is 51.5 cm³/mol. The fourth-order valence-corrected chi connectivity index (χ4v) is 1.21. The summed E-state index contributed by atoms with van der Waals surface area (Å²) in [6.45, 7) is 5.19. The zero-order valence-corrected chi connectivity index (χ0v) is 7.84. The van der Waals surface area contributed by atoms with E-state index in [2.05, 4.69) is 26.0 Å². The van der Waals surface area contributed by atoms with Crippen LogP contribution in [0.2, 0.25) is 0 Å². The fraction of sp³-hybridized carbons (Fsp3) is 0.800. The molecule has 0 rings (SSSR count). The van der Waals surface area contributed by atoms with Gasteiger partial charge >= 0.3 is 0 Å². The van der Waals surface area contributed by atoms with Crippen LogP contribution in [0.1, 0.15) is 39.5 Å². The second-order valence-electron chi connectivity index (χ2n) is 3.14. The summed E-state index contributed by atoms with van der Waals surface area (Å²) in [7, 11) is 0. The molecule has 1 nitrogen and oxygen atoms in total.